The maximum Gasteiger partial charge on any atom is 0.316 e. The zero-order chi connectivity index (χ0) is 28.7. The van der Waals surface area contributed by atoms with Crippen molar-refractivity contribution in [2.75, 3.05) is 44.2 Å². The SMILES string of the molecule is CC(C)S(=O)(=O)N1CCN(c2cnn(-c3cccc(Cl)c3)c(=O)c2O[C@@H]2CCN(S(=O)(=O)C3CCCC3)C2)CC1. The van der Waals surface area contributed by atoms with Crippen molar-refractivity contribution in [1.29, 1.82) is 0 Å². The second-order valence-corrected chi connectivity index (χ2v) is 16.0. The van der Waals surface area contributed by atoms with Crippen molar-refractivity contribution >= 4 is 37.3 Å². The molecule has 0 bridgehead atoms. The summed E-state index contributed by atoms with van der Waals surface area (Å²) < 4.78 is 62.2. The summed E-state index contributed by atoms with van der Waals surface area (Å²) in [7, 11) is -6.81. The van der Waals surface area contributed by atoms with Gasteiger partial charge in [0.25, 0.3) is 0 Å². The molecule has 2 aromatic rings. The first-order valence-corrected chi connectivity index (χ1v) is 17.1. The van der Waals surface area contributed by atoms with Crippen LogP contribution in [0.25, 0.3) is 5.69 Å². The largest absolute Gasteiger partial charge is 0.481 e. The van der Waals surface area contributed by atoms with Crippen LogP contribution in [-0.2, 0) is 20.0 Å². The first-order valence-electron chi connectivity index (χ1n) is 13.8. The van der Waals surface area contributed by atoms with Gasteiger partial charge in [0, 0.05) is 37.7 Å². The van der Waals surface area contributed by atoms with Crippen molar-refractivity contribution < 1.29 is 21.6 Å². The molecule has 1 aromatic heterocycles. The zero-order valence-corrected chi connectivity index (χ0v) is 25.2. The Hall–Kier alpha value is -2.19. The Bertz CT molecular complexity index is 1500. The maximum absolute atomic E-state index is 13.8. The molecule has 0 N–H and O–H groups in total. The van der Waals surface area contributed by atoms with Crippen LogP contribution in [0.5, 0.6) is 5.75 Å². The van der Waals surface area contributed by atoms with Gasteiger partial charge in [-0.1, -0.05) is 30.5 Å². The predicted molar refractivity (Wildman–Crippen MR) is 154 cm³/mol. The van der Waals surface area contributed by atoms with Gasteiger partial charge in [0.05, 0.1) is 28.9 Å². The van der Waals surface area contributed by atoms with Crippen molar-refractivity contribution in [2.24, 2.45) is 0 Å². The lowest BCUT2D eigenvalue weighted by Crippen LogP contribution is -2.50. The Morgan fingerprint density at radius 1 is 0.975 bits per heavy atom. The number of aromatic nitrogens is 2. The molecule has 1 atom stereocenters. The van der Waals surface area contributed by atoms with Gasteiger partial charge in [-0.3, -0.25) is 4.79 Å². The van der Waals surface area contributed by atoms with Crippen LogP contribution in [-0.4, -0.2) is 91.1 Å². The highest BCUT2D eigenvalue weighted by molar-refractivity contribution is 7.90. The fourth-order valence-corrected chi connectivity index (χ4v) is 9.17. The van der Waals surface area contributed by atoms with Crippen LogP contribution < -0.4 is 15.2 Å². The van der Waals surface area contributed by atoms with Gasteiger partial charge in [-0.25, -0.2) is 16.8 Å². The average Bonchev–Trinajstić information content (AvgIpc) is 3.63. The van der Waals surface area contributed by atoms with E-state index in [1.54, 1.807) is 44.3 Å². The van der Waals surface area contributed by atoms with Crippen molar-refractivity contribution in [3.63, 3.8) is 0 Å². The third-order valence-electron chi connectivity index (χ3n) is 7.98. The van der Waals surface area contributed by atoms with E-state index in [4.69, 9.17) is 16.3 Å². The summed E-state index contributed by atoms with van der Waals surface area (Å²) in [4.78, 5) is 15.7. The van der Waals surface area contributed by atoms with E-state index in [2.05, 4.69) is 5.10 Å². The normalized spacial score (nSPS) is 21.9. The lowest BCUT2D eigenvalue weighted by atomic mass is 10.2. The first kappa shape index (κ1) is 29.3. The van der Waals surface area contributed by atoms with Gasteiger partial charge in [-0.15, -0.1) is 0 Å². The zero-order valence-electron chi connectivity index (χ0n) is 22.8. The van der Waals surface area contributed by atoms with Crippen LogP contribution in [0.1, 0.15) is 46.0 Å². The lowest BCUT2D eigenvalue weighted by molar-refractivity contribution is 0.211. The number of sulfonamides is 2. The molecule has 1 aliphatic carbocycles. The molecule has 5 rings (SSSR count). The second-order valence-electron chi connectivity index (χ2n) is 10.9. The molecule has 2 saturated heterocycles. The number of rotatable bonds is 8. The Kier molecular flexibility index (Phi) is 8.49. The van der Waals surface area contributed by atoms with Crippen LogP contribution >= 0.6 is 11.6 Å². The van der Waals surface area contributed by atoms with E-state index < -0.39 is 37.0 Å². The van der Waals surface area contributed by atoms with Gasteiger partial charge in [-0.05, 0) is 51.3 Å². The number of halogens is 1. The molecular formula is C26H36ClN5O6S2. The molecule has 1 saturated carbocycles. The summed E-state index contributed by atoms with van der Waals surface area (Å²) in [6, 6.07) is 6.76. The summed E-state index contributed by atoms with van der Waals surface area (Å²) in [5, 5.41) is 3.97. The summed E-state index contributed by atoms with van der Waals surface area (Å²) >= 11 is 6.16. The highest BCUT2D eigenvalue weighted by Crippen LogP contribution is 2.32. The molecule has 0 spiro atoms. The minimum Gasteiger partial charge on any atom is -0.481 e. The molecule has 0 unspecified atom stereocenters. The van der Waals surface area contributed by atoms with E-state index in [1.807, 2.05) is 4.90 Å². The summed E-state index contributed by atoms with van der Waals surface area (Å²) in [6.07, 6.45) is 4.72. The molecule has 2 aliphatic heterocycles. The number of hydrogen-bond acceptors (Lipinski definition) is 8. The Morgan fingerprint density at radius 3 is 2.33 bits per heavy atom. The smallest absolute Gasteiger partial charge is 0.316 e. The van der Waals surface area contributed by atoms with Crippen molar-refractivity contribution in [3.05, 3.63) is 45.8 Å². The predicted octanol–water partition coefficient (Wildman–Crippen LogP) is 2.47. The standard InChI is InChI=1S/C26H36ClN5O6S2/c1-19(2)39(34,35)30-14-12-29(13-15-30)24-17-28-32(21-7-5-6-20(27)16-21)26(33)25(24)38-22-10-11-31(18-22)40(36,37)23-8-3-4-9-23/h5-7,16-17,19,22-23H,3-4,8-15,18H2,1-2H3/t22-/m1/s1. The molecule has 40 heavy (non-hydrogen) atoms. The van der Waals surface area contributed by atoms with E-state index in [0.717, 1.165) is 12.8 Å². The van der Waals surface area contributed by atoms with E-state index >= 15 is 0 Å². The third-order valence-corrected chi connectivity index (χ3v) is 12.9. The van der Waals surface area contributed by atoms with E-state index in [-0.39, 0.29) is 30.6 Å². The van der Waals surface area contributed by atoms with Crippen LogP contribution in [0, 0.1) is 0 Å². The Labute approximate surface area is 240 Å². The molecular weight excluding hydrogens is 578 g/mol. The third kappa shape index (κ3) is 5.76. The molecule has 11 nitrogen and oxygen atoms in total. The molecule has 3 heterocycles. The van der Waals surface area contributed by atoms with Crippen LogP contribution in [0.15, 0.2) is 35.3 Å². The molecule has 1 aromatic carbocycles. The van der Waals surface area contributed by atoms with Gasteiger partial charge in [-0.2, -0.15) is 18.4 Å². The fraction of sp³-hybridized carbons (Fsp3) is 0.615. The highest BCUT2D eigenvalue weighted by atomic mass is 35.5. The number of anilines is 1. The van der Waals surface area contributed by atoms with Crippen molar-refractivity contribution in [1.82, 2.24) is 18.4 Å². The number of nitrogens with zero attached hydrogens (tertiary/aromatic N) is 5. The van der Waals surface area contributed by atoms with E-state index in [1.165, 1.54) is 13.3 Å². The number of hydrogen-bond donors (Lipinski definition) is 0. The highest BCUT2D eigenvalue weighted by Gasteiger charge is 2.40. The minimum absolute atomic E-state index is 0.0697. The fourth-order valence-electron chi connectivity index (χ4n) is 5.63. The van der Waals surface area contributed by atoms with Crippen LogP contribution in [0.3, 0.4) is 0 Å². The van der Waals surface area contributed by atoms with E-state index in [0.29, 0.717) is 55.3 Å². The molecule has 3 aliphatic rings. The number of ether oxygens (including phenoxy) is 1. The quantitative estimate of drug-likeness (QED) is 0.445. The summed E-state index contributed by atoms with van der Waals surface area (Å²) in [6.45, 7) is 5.10. The summed E-state index contributed by atoms with van der Waals surface area (Å²) in [5.74, 6) is 0.0697. The number of benzene rings is 1. The average molecular weight is 614 g/mol. The Balaban J connectivity index is 1.42. The van der Waals surface area contributed by atoms with Crippen molar-refractivity contribution in [2.45, 2.75) is 62.6 Å². The first-order chi connectivity index (χ1) is 19.0. The summed E-state index contributed by atoms with van der Waals surface area (Å²) in [5.41, 5.74) is 0.440. The van der Waals surface area contributed by atoms with Crippen LogP contribution in [0.4, 0.5) is 5.69 Å². The van der Waals surface area contributed by atoms with Crippen molar-refractivity contribution in [3.8, 4) is 11.4 Å². The van der Waals surface area contributed by atoms with Gasteiger partial charge in [0.1, 0.15) is 11.8 Å². The van der Waals surface area contributed by atoms with Crippen LogP contribution in [0.2, 0.25) is 5.02 Å². The number of piperazine rings is 1. The van der Waals surface area contributed by atoms with Gasteiger partial charge >= 0.3 is 5.56 Å². The molecule has 0 amide bonds. The monoisotopic (exact) mass is 613 g/mol. The Morgan fingerprint density at radius 2 is 1.68 bits per heavy atom. The molecule has 3 fully saturated rings. The molecule has 220 valence electrons. The maximum atomic E-state index is 13.8. The topological polar surface area (TPSA) is 122 Å². The minimum atomic E-state index is -3.42. The molecule has 14 heteroatoms. The van der Waals surface area contributed by atoms with Gasteiger partial charge < -0.3 is 9.64 Å². The van der Waals surface area contributed by atoms with Gasteiger partial charge in [0.2, 0.25) is 25.8 Å². The van der Waals surface area contributed by atoms with E-state index in [9.17, 15) is 21.6 Å². The van der Waals surface area contributed by atoms with Gasteiger partial charge in [0.15, 0.2) is 0 Å². The second kappa shape index (κ2) is 11.6. The molecule has 0 radical (unpaired) electrons. The lowest BCUT2D eigenvalue weighted by Gasteiger charge is -2.36.